The smallest absolute Gasteiger partial charge is 0.254 e. The predicted octanol–water partition coefficient (Wildman–Crippen LogP) is 2.29. The van der Waals surface area contributed by atoms with E-state index >= 15 is 0 Å². The van der Waals surface area contributed by atoms with Crippen LogP contribution in [0.5, 0.6) is 0 Å². The minimum Gasteiger partial charge on any atom is -0.461 e. The summed E-state index contributed by atoms with van der Waals surface area (Å²) in [7, 11) is 0. The van der Waals surface area contributed by atoms with E-state index in [4.69, 9.17) is 9.52 Å². The summed E-state index contributed by atoms with van der Waals surface area (Å²) in [6.45, 7) is 3.94. The van der Waals surface area contributed by atoms with Crippen molar-refractivity contribution in [3.63, 3.8) is 0 Å². The second kappa shape index (κ2) is 5.71. The summed E-state index contributed by atoms with van der Waals surface area (Å²) >= 11 is 0. The van der Waals surface area contributed by atoms with Gasteiger partial charge in [-0.15, -0.1) is 0 Å². The number of aliphatic hydroxyl groups is 1. The maximum Gasteiger partial charge on any atom is 0.254 e. The number of amides is 1. The molecule has 4 heteroatoms. The van der Waals surface area contributed by atoms with E-state index in [-0.39, 0.29) is 19.1 Å². The Morgan fingerprint density at radius 1 is 1.26 bits per heavy atom. The average molecular weight is 259 g/mol. The first-order valence-corrected chi connectivity index (χ1v) is 6.18. The lowest BCUT2D eigenvalue weighted by Gasteiger charge is -2.00. The number of furan rings is 1. The van der Waals surface area contributed by atoms with Crippen LogP contribution in [0.3, 0.4) is 0 Å². The summed E-state index contributed by atoms with van der Waals surface area (Å²) in [4.78, 5) is 11.8. The van der Waals surface area contributed by atoms with Crippen LogP contribution in [0.1, 0.15) is 21.7 Å². The largest absolute Gasteiger partial charge is 0.461 e. The summed E-state index contributed by atoms with van der Waals surface area (Å²) in [6, 6.07) is 9.65. The molecule has 0 spiro atoms. The molecule has 0 radical (unpaired) electrons. The molecule has 0 saturated carbocycles. The molecule has 0 atom stereocenters. The van der Waals surface area contributed by atoms with Crippen LogP contribution >= 0.6 is 0 Å². The van der Waals surface area contributed by atoms with Gasteiger partial charge in [-0.1, -0.05) is 29.8 Å². The lowest BCUT2D eigenvalue weighted by molar-refractivity contribution is 0.0943. The molecule has 0 saturated heterocycles. The molecule has 1 aromatic heterocycles. The zero-order valence-electron chi connectivity index (χ0n) is 11.1. The number of hydrogen-bond acceptors (Lipinski definition) is 3. The van der Waals surface area contributed by atoms with Gasteiger partial charge in [0.1, 0.15) is 11.5 Å². The van der Waals surface area contributed by atoms with Gasteiger partial charge < -0.3 is 14.8 Å². The molecule has 1 amide bonds. The van der Waals surface area contributed by atoms with Crippen LogP contribution < -0.4 is 5.32 Å². The standard InChI is InChI=1S/C15H17NO3/c1-10-3-5-12(6-4-10)14-9-13(11(2)19-14)15(18)16-7-8-17/h3-6,9,17H,7-8H2,1-2H3,(H,16,18). The zero-order chi connectivity index (χ0) is 13.8. The molecule has 0 unspecified atom stereocenters. The minimum absolute atomic E-state index is 0.0759. The highest BCUT2D eigenvalue weighted by molar-refractivity contribution is 5.96. The Balaban J connectivity index is 2.25. The number of aliphatic hydroxyl groups excluding tert-OH is 1. The van der Waals surface area contributed by atoms with Gasteiger partial charge in [0.05, 0.1) is 12.2 Å². The molecule has 1 heterocycles. The molecular weight excluding hydrogens is 242 g/mol. The van der Waals surface area contributed by atoms with Crippen LogP contribution in [0.25, 0.3) is 11.3 Å². The third-order valence-electron chi connectivity index (χ3n) is 2.90. The Bertz CT molecular complexity index is 570. The third kappa shape index (κ3) is 3.03. The van der Waals surface area contributed by atoms with Gasteiger partial charge >= 0.3 is 0 Å². The highest BCUT2D eigenvalue weighted by atomic mass is 16.3. The van der Waals surface area contributed by atoms with E-state index in [9.17, 15) is 4.79 Å². The van der Waals surface area contributed by atoms with Crippen molar-refractivity contribution in [3.05, 3.63) is 47.2 Å². The fourth-order valence-corrected chi connectivity index (χ4v) is 1.83. The van der Waals surface area contributed by atoms with Gasteiger partial charge in [-0.05, 0) is 19.9 Å². The fourth-order valence-electron chi connectivity index (χ4n) is 1.83. The number of rotatable bonds is 4. The number of carbonyl (C=O) groups excluding carboxylic acids is 1. The molecule has 0 aliphatic heterocycles. The molecule has 0 aliphatic carbocycles. The first-order valence-electron chi connectivity index (χ1n) is 6.18. The summed E-state index contributed by atoms with van der Waals surface area (Å²) < 4.78 is 5.62. The summed E-state index contributed by atoms with van der Waals surface area (Å²) in [5, 5.41) is 11.3. The van der Waals surface area contributed by atoms with Crippen molar-refractivity contribution in [1.82, 2.24) is 5.32 Å². The second-order valence-corrected chi connectivity index (χ2v) is 4.43. The monoisotopic (exact) mass is 259 g/mol. The number of nitrogens with one attached hydrogen (secondary N) is 1. The Morgan fingerprint density at radius 2 is 1.95 bits per heavy atom. The van der Waals surface area contributed by atoms with E-state index < -0.39 is 0 Å². The molecule has 0 fully saturated rings. The zero-order valence-corrected chi connectivity index (χ0v) is 11.1. The van der Waals surface area contributed by atoms with Crippen LogP contribution in [0.4, 0.5) is 0 Å². The van der Waals surface area contributed by atoms with Crippen molar-refractivity contribution in [2.24, 2.45) is 0 Å². The van der Waals surface area contributed by atoms with Crippen molar-refractivity contribution in [1.29, 1.82) is 0 Å². The third-order valence-corrected chi connectivity index (χ3v) is 2.90. The minimum atomic E-state index is -0.228. The first-order chi connectivity index (χ1) is 9.11. The number of hydrogen-bond donors (Lipinski definition) is 2. The first kappa shape index (κ1) is 13.4. The molecule has 2 aromatic rings. The molecular formula is C15H17NO3. The molecule has 0 bridgehead atoms. The van der Waals surface area contributed by atoms with Gasteiger partial charge in [-0.3, -0.25) is 4.79 Å². The van der Waals surface area contributed by atoms with E-state index in [0.29, 0.717) is 17.1 Å². The molecule has 100 valence electrons. The molecule has 4 nitrogen and oxygen atoms in total. The summed E-state index contributed by atoms with van der Waals surface area (Å²) in [5.41, 5.74) is 2.62. The summed E-state index contributed by atoms with van der Waals surface area (Å²) in [6.07, 6.45) is 0. The molecule has 2 N–H and O–H groups in total. The van der Waals surface area contributed by atoms with Crippen LogP contribution in [0, 0.1) is 13.8 Å². The molecule has 1 aromatic carbocycles. The van der Waals surface area contributed by atoms with Crippen molar-refractivity contribution in [2.75, 3.05) is 13.2 Å². The van der Waals surface area contributed by atoms with Crippen LogP contribution in [0.2, 0.25) is 0 Å². The number of benzene rings is 1. The van der Waals surface area contributed by atoms with E-state index in [1.807, 2.05) is 31.2 Å². The Labute approximate surface area is 112 Å². The molecule has 2 rings (SSSR count). The van der Waals surface area contributed by atoms with Gasteiger partial charge in [0.15, 0.2) is 0 Å². The van der Waals surface area contributed by atoms with Crippen LogP contribution in [-0.4, -0.2) is 24.2 Å². The molecule has 19 heavy (non-hydrogen) atoms. The Morgan fingerprint density at radius 3 is 2.58 bits per heavy atom. The van der Waals surface area contributed by atoms with E-state index in [2.05, 4.69) is 5.32 Å². The van der Waals surface area contributed by atoms with Gasteiger partial charge in [-0.2, -0.15) is 0 Å². The lowest BCUT2D eigenvalue weighted by Crippen LogP contribution is -2.26. The highest BCUT2D eigenvalue weighted by Crippen LogP contribution is 2.25. The van der Waals surface area contributed by atoms with Crippen LogP contribution in [-0.2, 0) is 0 Å². The van der Waals surface area contributed by atoms with Gasteiger partial charge in [0.2, 0.25) is 0 Å². The van der Waals surface area contributed by atoms with E-state index in [1.165, 1.54) is 5.56 Å². The summed E-state index contributed by atoms with van der Waals surface area (Å²) in [5.74, 6) is 1.02. The van der Waals surface area contributed by atoms with Gasteiger partial charge in [0.25, 0.3) is 5.91 Å². The Hall–Kier alpha value is -2.07. The quantitative estimate of drug-likeness (QED) is 0.885. The maximum absolute atomic E-state index is 11.8. The maximum atomic E-state index is 11.8. The van der Waals surface area contributed by atoms with Crippen molar-refractivity contribution in [3.8, 4) is 11.3 Å². The van der Waals surface area contributed by atoms with Gasteiger partial charge in [-0.25, -0.2) is 0 Å². The highest BCUT2D eigenvalue weighted by Gasteiger charge is 2.15. The lowest BCUT2D eigenvalue weighted by atomic mass is 10.1. The molecule has 0 aliphatic rings. The van der Waals surface area contributed by atoms with E-state index in [1.54, 1.807) is 13.0 Å². The van der Waals surface area contributed by atoms with Crippen LogP contribution in [0.15, 0.2) is 34.7 Å². The average Bonchev–Trinajstić information content (AvgIpc) is 2.79. The number of carbonyl (C=O) groups is 1. The SMILES string of the molecule is Cc1ccc(-c2cc(C(=O)NCCO)c(C)o2)cc1. The van der Waals surface area contributed by atoms with Crippen molar-refractivity contribution < 1.29 is 14.3 Å². The Kier molecular flexibility index (Phi) is 4.02. The normalized spacial score (nSPS) is 10.5. The van der Waals surface area contributed by atoms with Gasteiger partial charge in [0, 0.05) is 12.1 Å². The second-order valence-electron chi connectivity index (χ2n) is 4.43. The van der Waals surface area contributed by atoms with E-state index in [0.717, 1.165) is 5.56 Å². The van der Waals surface area contributed by atoms with Crippen molar-refractivity contribution in [2.45, 2.75) is 13.8 Å². The predicted molar refractivity (Wildman–Crippen MR) is 73.0 cm³/mol. The number of aryl methyl sites for hydroxylation is 2. The topological polar surface area (TPSA) is 62.5 Å². The fraction of sp³-hybridized carbons (Fsp3) is 0.267. The van der Waals surface area contributed by atoms with Crippen molar-refractivity contribution >= 4 is 5.91 Å².